The van der Waals surface area contributed by atoms with Crippen LogP contribution in [0.5, 0.6) is 0 Å². The molecule has 3 aromatic rings. The summed E-state index contributed by atoms with van der Waals surface area (Å²) in [5.41, 5.74) is 4.12. The van der Waals surface area contributed by atoms with Gasteiger partial charge in [0.15, 0.2) is 0 Å². The monoisotopic (exact) mass is 430 g/mol. The highest BCUT2D eigenvalue weighted by Gasteiger charge is 2.27. The van der Waals surface area contributed by atoms with Crippen molar-refractivity contribution < 1.29 is 4.79 Å². The molecule has 0 bridgehead atoms. The Kier molecular flexibility index (Phi) is 7.07. The van der Waals surface area contributed by atoms with Crippen LogP contribution < -0.4 is 10.2 Å². The highest BCUT2D eigenvalue weighted by atomic mass is 16.2. The van der Waals surface area contributed by atoms with Crippen LogP contribution in [0.3, 0.4) is 0 Å². The van der Waals surface area contributed by atoms with E-state index < -0.39 is 0 Å². The second kappa shape index (κ2) is 10.3. The van der Waals surface area contributed by atoms with E-state index in [1.54, 1.807) is 6.20 Å². The first kappa shape index (κ1) is 21.9. The highest BCUT2D eigenvalue weighted by molar-refractivity contribution is 5.78. The average molecular weight is 431 g/mol. The molecule has 1 aliphatic rings. The number of anilines is 1. The Hall–Kier alpha value is -3.32. The molecule has 3 heterocycles. The fraction of sp³-hybridized carbons (Fsp3) is 0.360. The van der Waals surface area contributed by atoms with Crippen LogP contribution in [0.15, 0.2) is 60.9 Å². The smallest absolute Gasteiger partial charge is 0.234 e. The Morgan fingerprint density at radius 1 is 1.12 bits per heavy atom. The Morgan fingerprint density at radius 2 is 1.94 bits per heavy atom. The van der Waals surface area contributed by atoms with Gasteiger partial charge in [-0.3, -0.25) is 14.7 Å². The van der Waals surface area contributed by atoms with Crippen molar-refractivity contribution in [2.45, 2.75) is 25.3 Å². The predicted octanol–water partition coefficient (Wildman–Crippen LogP) is 3.10. The molecule has 1 atom stereocenters. The number of likely N-dealkylation sites (tertiary alicyclic amines) is 1. The summed E-state index contributed by atoms with van der Waals surface area (Å²) in [6, 6.07) is 16.0. The van der Waals surface area contributed by atoms with E-state index in [1.807, 2.05) is 61.6 Å². The van der Waals surface area contributed by atoms with E-state index >= 15 is 0 Å². The molecule has 0 radical (unpaired) electrons. The van der Waals surface area contributed by atoms with Crippen LogP contribution in [0.2, 0.25) is 0 Å². The molecule has 0 unspecified atom stereocenters. The molecule has 1 N–H and O–H groups in total. The Labute approximate surface area is 189 Å². The van der Waals surface area contributed by atoms with Gasteiger partial charge in [0.05, 0.1) is 24.5 Å². The zero-order chi connectivity index (χ0) is 22.3. The van der Waals surface area contributed by atoms with Gasteiger partial charge >= 0.3 is 0 Å². The van der Waals surface area contributed by atoms with E-state index in [9.17, 15) is 4.79 Å². The van der Waals surface area contributed by atoms with E-state index in [0.29, 0.717) is 19.0 Å². The van der Waals surface area contributed by atoms with Gasteiger partial charge in [0.1, 0.15) is 0 Å². The summed E-state index contributed by atoms with van der Waals surface area (Å²) in [4.78, 5) is 30.5. The predicted molar refractivity (Wildman–Crippen MR) is 126 cm³/mol. The summed E-state index contributed by atoms with van der Waals surface area (Å²) >= 11 is 0. The largest absolute Gasteiger partial charge is 0.349 e. The molecular formula is C25H30N6O. The number of piperidine rings is 1. The van der Waals surface area contributed by atoms with Gasteiger partial charge < -0.3 is 10.2 Å². The molecule has 166 valence electrons. The van der Waals surface area contributed by atoms with Crippen molar-refractivity contribution in [3.63, 3.8) is 0 Å². The summed E-state index contributed by atoms with van der Waals surface area (Å²) in [5.74, 6) is 0.991. The zero-order valence-electron chi connectivity index (χ0n) is 18.7. The number of nitrogens with zero attached hydrogens (tertiary/aromatic N) is 5. The summed E-state index contributed by atoms with van der Waals surface area (Å²) in [6.45, 7) is 2.56. The molecule has 0 aliphatic carbocycles. The maximum atomic E-state index is 12.5. The minimum atomic E-state index is 0.0243. The van der Waals surface area contributed by atoms with Crippen LogP contribution >= 0.6 is 0 Å². The lowest BCUT2D eigenvalue weighted by molar-refractivity contribution is -0.122. The third-order valence-electron chi connectivity index (χ3n) is 5.74. The average Bonchev–Trinajstić information content (AvgIpc) is 2.84. The van der Waals surface area contributed by atoms with Gasteiger partial charge in [-0.2, -0.15) is 0 Å². The number of aromatic nitrogens is 3. The van der Waals surface area contributed by atoms with E-state index in [2.05, 4.69) is 32.3 Å². The molecule has 32 heavy (non-hydrogen) atoms. The fourth-order valence-corrected chi connectivity index (χ4v) is 4.13. The molecule has 0 saturated carbocycles. The first-order valence-electron chi connectivity index (χ1n) is 11.1. The topological polar surface area (TPSA) is 74.2 Å². The maximum absolute atomic E-state index is 12.5. The fourth-order valence-electron chi connectivity index (χ4n) is 4.13. The molecule has 0 spiro atoms. The molecule has 1 amide bonds. The third kappa shape index (κ3) is 5.48. The summed E-state index contributed by atoms with van der Waals surface area (Å²) in [5, 5.41) is 2.99. The van der Waals surface area contributed by atoms with E-state index in [-0.39, 0.29) is 11.8 Å². The first-order chi connectivity index (χ1) is 15.6. The van der Waals surface area contributed by atoms with Crippen molar-refractivity contribution in [2.75, 3.05) is 38.6 Å². The number of nitrogens with one attached hydrogen (secondary N) is 1. The normalized spacial score (nSPS) is 16.5. The van der Waals surface area contributed by atoms with Crippen LogP contribution in [0.4, 0.5) is 5.95 Å². The first-order valence-corrected chi connectivity index (χ1v) is 11.1. The molecule has 4 rings (SSSR count). The quantitative estimate of drug-likeness (QED) is 0.621. The number of amides is 1. The van der Waals surface area contributed by atoms with Gasteiger partial charge in [0.2, 0.25) is 11.9 Å². The van der Waals surface area contributed by atoms with Gasteiger partial charge in [-0.25, -0.2) is 9.97 Å². The van der Waals surface area contributed by atoms with Crippen LogP contribution in [0.1, 0.15) is 30.1 Å². The standard InChI is InChI=1S/C25H30N6O/c1-30(2)25-28-16-22(19-9-4-3-5-10-19)24(29-25)20-11-8-14-31(17-20)18-23(32)27-15-21-12-6-7-13-26-21/h3-7,9-10,12-13,16,20H,8,11,14-15,17-18H2,1-2H3,(H,27,32)/t20-/m1/s1. The number of carbonyl (C=O) groups is 1. The third-order valence-corrected chi connectivity index (χ3v) is 5.74. The van der Waals surface area contributed by atoms with Crippen LogP contribution in [-0.2, 0) is 11.3 Å². The van der Waals surface area contributed by atoms with Crippen LogP contribution in [0, 0.1) is 0 Å². The van der Waals surface area contributed by atoms with Crippen molar-refractivity contribution in [2.24, 2.45) is 0 Å². The molecule has 7 nitrogen and oxygen atoms in total. The summed E-state index contributed by atoms with van der Waals surface area (Å²) in [6.07, 6.45) is 5.76. The number of rotatable bonds is 7. The Morgan fingerprint density at radius 3 is 2.69 bits per heavy atom. The minimum Gasteiger partial charge on any atom is -0.349 e. The van der Waals surface area contributed by atoms with Crippen molar-refractivity contribution in [1.29, 1.82) is 0 Å². The number of carbonyl (C=O) groups excluding carboxylic acids is 1. The number of hydrogen-bond acceptors (Lipinski definition) is 6. The lowest BCUT2D eigenvalue weighted by Gasteiger charge is -2.33. The second-order valence-corrected chi connectivity index (χ2v) is 8.40. The summed E-state index contributed by atoms with van der Waals surface area (Å²) in [7, 11) is 3.92. The van der Waals surface area contributed by atoms with Crippen LogP contribution in [0.25, 0.3) is 11.1 Å². The van der Waals surface area contributed by atoms with Crippen LogP contribution in [-0.4, -0.2) is 59.5 Å². The SMILES string of the molecule is CN(C)c1ncc(-c2ccccc2)c([C@@H]2CCCN(CC(=O)NCc3ccccn3)C2)n1. The molecule has 1 aromatic carbocycles. The molecule has 2 aromatic heterocycles. The van der Waals surface area contributed by atoms with Gasteiger partial charge in [0.25, 0.3) is 0 Å². The maximum Gasteiger partial charge on any atom is 0.234 e. The number of pyridine rings is 1. The molecule has 1 saturated heterocycles. The van der Waals surface area contributed by atoms with Gasteiger partial charge in [-0.15, -0.1) is 0 Å². The second-order valence-electron chi connectivity index (χ2n) is 8.40. The van der Waals surface area contributed by atoms with Crippen molar-refractivity contribution in [1.82, 2.24) is 25.2 Å². The van der Waals surface area contributed by atoms with Gasteiger partial charge in [0, 0.05) is 44.5 Å². The number of hydrogen-bond donors (Lipinski definition) is 1. The minimum absolute atomic E-state index is 0.0243. The molecular weight excluding hydrogens is 400 g/mol. The van der Waals surface area contributed by atoms with E-state index in [1.165, 1.54) is 0 Å². The van der Waals surface area contributed by atoms with Crippen molar-refractivity contribution in [3.05, 3.63) is 72.3 Å². The highest BCUT2D eigenvalue weighted by Crippen LogP contribution is 2.33. The zero-order valence-corrected chi connectivity index (χ0v) is 18.7. The van der Waals surface area contributed by atoms with Crippen molar-refractivity contribution >= 4 is 11.9 Å². The van der Waals surface area contributed by atoms with E-state index in [0.717, 1.165) is 48.4 Å². The Bertz CT molecular complexity index is 1030. The van der Waals surface area contributed by atoms with Gasteiger partial charge in [-0.1, -0.05) is 36.4 Å². The lowest BCUT2D eigenvalue weighted by atomic mass is 9.90. The molecule has 7 heteroatoms. The Balaban J connectivity index is 1.47. The van der Waals surface area contributed by atoms with Crippen molar-refractivity contribution in [3.8, 4) is 11.1 Å². The summed E-state index contributed by atoms with van der Waals surface area (Å²) < 4.78 is 0. The van der Waals surface area contributed by atoms with E-state index in [4.69, 9.17) is 4.98 Å². The molecule has 1 fully saturated rings. The number of benzene rings is 1. The molecule has 1 aliphatic heterocycles. The van der Waals surface area contributed by atoms with Gasteiger partial charge in [-0.05, 0) is 37.1 Å². The lowest BCUT2D eigenvalue weighted by Crippen LogP contribution is -2.42.